The molecule has 1 heterocycles. The van der Waals surface area contributed by atoms with E-state index in [1.165, 1.54) is 24.8 Å². The van der Waals surface area contributed by atoms with E-state index in [2.05, 4.69) is 36.6 Å². The Bertz CT molecular complexity index is 850. The standard InChI is InChI=1S/C25H33ClN2O/c1-24(2)13-18-8-21(26)19(14-27-3)7-20(18)22(28-24)9-23(29)25-10-15-4-16(11-25)6-17(5-15)12-25/h7-9,15-17,27-28H,4-6,10-14H2,1-3H3/b22-9+. The van der Waals surface area contributed by atoms with Crippen LogP contribution in [0.2, 0.25) is 5.02 Å². The summed E-state index contributed by atoms with van der Waals surface area (Å²) in [6.07, 6.45) is 10.3. The first kappa shape index (κ1) is 19.6. The van der Waals surface area contributed by atoms with Gasteiger partial charge in [-0.3, -0.25) is 4.79 Å². The molecule has 1 aromatic carbocycles. The van der Waals surface area contributed by atoms with Crippen LogP contribution in [-0.2, 0) is 17.8 Å². The van der Waals surface area contributed by atoms with Crippen molar-refractivity contribution in [1.29, 1.82) is 0 Å². The lowest BCUT2D eigenvalue weighted by Crippen LogP contribution is -2.50. The molecule has 1 aromatic rings. The van der Waals surface area contributed by atoms with E-state index in [1.807, 2.05) is 13.1 Å². The SMILES string of the molecule is CNCc1cc2c(cc1Cl)CC(C)(C)N/C2=C/C(=O)C12CC3CC(CC(C3)C1)C2. The third-order valence-electron chi connectivity index (χ3n) is 7.87. The molecule has 29 heavy (non-hydrogen) atoms. The van der Waals surface area contributed by atoms with Crippen molar-refractivity contribution in [2.24, 2.45) is 23.2 Å². The number of carbonyl (C=O) groups excluding carboxylic acids is 1. The predicted octanol–water partition coefficient (Wildman–Crippen LogP) is 5.11. The van der Waals surface area contributed by atoms with Crippen LogP contribution in [0.3, 0.4) is 0 Å². The van der Waals surface area contributed by atoms with E-state index in [4.69, 9.17) is 11.6 Å². The zero-order valence-electron chi connectivity index (χ0n) is 17.9. The molecule has 2 N–H and O–H groups in total. The van der Waals surface area contributed by atoms with E-state index in [1.54, 1.807) is 0 Å². The molecule has 4 bridgehead atoms. The first-order valence-corrected chi connectivity index (χ1v) is 11.7. The van der Waals surface area contributed by atoms with Crippen molar-refractivity contribution >= 4 is 23.1 Å². The Kier molecular flexibility index (Phi) is 4.64. The molecule has 4 fully saturated rings. The van der Waals surface area contributed by atoms with Crippen molar-refractivity contribution in [2.75, 3.05) is 7.05 Å². The number of halogens is 1. The van der Waals surface area contributed by atoms with Crippen molar-refractivity contribution in [2.45, 2.75) is 70.9 Å². The lowest BCUT2D eigenvalue weighted by molar-refractivity contribution is -0.138. The van der Waals surface area contributed by atoms with Crippen molar-refractivity contribution in [3.05, 3.63) is 39.9 Å². The number of ketones is 1. The largest absolute Gasteiger partial charge is 0.379 e. The number of nitrogens with one attached hydrogen (secondary N) is 2. The minimum absolute atomic E-state index is 0.0889. The highest BCUT2D eigenvalue weighted by Crippen LogP contribution is 2.60. The Hall–Kier alpha value is -1.32. The molecule has 3 nitrogen and oxygen atoms in total. The van der Waals surface area contributed by atoms with Crippen LogP contribution in [0.25, 0.3) is 5.70 Å². The lowest BCUT2D eigenvalue weighted by Gasteiger charge is -2.55. The van der Waals surface area contributed by atoms with Gasteiger partial charge in [-0.1, -0.05) is 11.6 Å². The molecule has 1 aliphatic heterocycles. The third kappa shape index (κ3) is 3.45. The van der Waals surface area contributed by atoms with Gasteiger partial charge in [-0.15, -0.1) is 0 Å². The van der Waals surface area contributed by atoms with Crippen LogP contribution in [0.4, 0.5) is 0 Å². The summed E-state index contributed by atoms with van der Waals surface area (Å²) in [6.45, 7) is 5.13. The van der Waals surface area contributed by atoms with Crippen LogP contribution in [0.15, 0.2) is 18.2 Å². The molecule has 4 heteroatoms. The number of fused-ring (bicyclic) bond motifs is 1. The highest BCUT2D eigenvalue weighted by atomic mass is 35.5. The number of hydrogen-bond donors (Lipinski definition) is 2. The van der Waals surface area contributed by atoms with Gasteiger partial charge in [0.05, 0.1) is 0 Å². The second-order valence-electron chi connectivity index (χ2n) is 10.9. The van der Waals surface area contributed by atoms with Crippen LogP contribution < -0.4 is 10.6 Å². The Morgan fingerprint density at radius 3 is 2.38 bits per heavy atom. The van der Waals surface area contributed by atoms with Gasteiger partial charge in [-0.05, 0) is 107 Å². The van der Waals surface area contributed by atoms with E-state index in [0.717, 1.165) is 71.8 Å². The summed E-state index contributed by atoms with van der Waals surface area (Å²) in [5, 5.41) is 7.69. The minimum Gasteiger partial charge on any atom is -0.379 e. The van der Waals surface area contributed by atoms with Crippen molar-refractivity contribution < 1.29 is 4.79 Å². The molecule has 0 unspecified atom stereocenters. The molecule has 0 radical (unpaired) electrons. The van der Waals surface area contributed by atoms with E-state index >= 15 is 0 Å². The monoisotopic (exact) mass is 412 g/mol. The fraction of sp³-hybridized carbons (Fsp3) is 0.640. The second-order valence-corrected chi connectivity index (χ2v) is 11.3. The average molecular weight is 413 g/mol. The molecule has 6 rings (SSSR count). The molecular weight excluding hydrogens is 380 g/mol. The van der Waals surface area contributed by atoms with Gasteiger partial charge < -0.3 is 10.6 Å². The highest BCUT2D eigenvalue weighted by Gasteiger charge is 2.54. The van der Waals surface area contributed by atoms with Gasteiger partial charge in [0.25, 0.3) is 0 Å². The molecule has 5 aliphatic rings. The molecule has 0 spiro atoms. The van der Waals surface area contributed by atoms with E-state index in [0.29, 0.717) is 5.78 Å². The summed E-state index contributed by atoms with van der Waals surface area (Å²) in [5.74, 6) is 2.72. The summed E-state index contributed by atoms with van der Waals surface area (Å²) in [7, 11) is 1.93. The Morgan fingerprint density at radius 1 is 1.17 bits per heavy atom. The Labute approximate surface area is 179 Å². The number of allylic oxidation sites excluding steroid dienone is 1. The van der Waals surface area contributed by atoms with Gasteiger partial charge in [0.2, 0.25) is 0 Å². The first-order chi connectivity index (χ1) is 13.8. The smallest absolute Gasteiger partial charge is 0.163 e. The molecule has 4 saturated carbocycles. The molecular formula is C25H33ClN2O. The van der Waals surface area contributed by atoms with Gasteiger partial charge in [0.15, 0.2) is 5.78 Å². The summed E-state index contributed by atoms with van der Waals surface area (Å²) >= 11 is 6.55. The van der Waals surface area contributed by atoms with Crippen LogP contribution in [0.1, 0.15) is 69.1 Å². The number of hydrogen-bond acceptors (Lipinski definition) is 3. The van der Waals surface area contributed by atoms with E-state index in [-0.39, 0.29) is 11.0 Å². The maximum absolute atomic E-state index is 13.7. The highest BCUT2D eigenvalue weighted by molar-refractivity contribution is 6.31. The summed E-state index contributed by atoms with van der Waals surface area (Å²) < 4.78 is 0. The molecule has 0 atom stereocenters. The Morgan fingerprint density at radius 2 is 1.79 bits per heavy atom. The fourth-order valence-corrected chi connectivity index (χ4v) is 7.40. The third-order valence-corrected chi connectivity index (χ3v) is 8.22. The van der Waals surface area contributed by atoms with E-state index in [9.17, 15) is 4.79 Å². The quantitative estimate of drug-likeness (QED) is 0.675. The number of benzene rings is 1. The number of carbonyl (C=O) groups is 1. The zero-order chi connectivity index (χ0) is 20.4. The summed E-state index contributed by atoms with van der Waals surface area (Å²) in [4.78, 5) is 13.7. The number of rotatable bonds is 4. The van der Waals surface area contributed by atoms with Crippen LogP contribution in [-0.4, -0.2) is 18.4 Å². The molecule has 4 aliphatic carbocycles. The fourth-order valence-electron chi connectivity index (χ4n) is 7.14. The maximum Gasteiger partial charge on any atom is 0.163 e. The topological polar surface area (TPSA) is 41.1 Å². The van der Waals surface area contributed by atoms with Crippen molar-refractivity contribution in [1.82, 2.24) is 10.6 Å². The average Bonchev–Trinajstić information content (AvgIpc) is 2.61. The normalized spacial score (nSPS) is 35.4. The van der Waals surface area contributed by atoms with Crippen LogP contribution in [0, 0.1) is 23.2 Å². The lowest BCUT2D eigenvalue weighted by atomic mass is 9.48. The van der Waals surface area contributed by atoms with Gasteiger partial charge in [0, 0.05) is 39.9 Å². The second kappa shape index (κ2) is 6.85. The molecule has 0 aromatic heterocycles. The summed E-state index contributed by atoms with van der Waals surface area (Å²) in [5.41, 5.74) is 4.29. The van der Waals surface area contributed by atoms with Crippen LogP contribution in [0.5, 0.6) is 0 Å². The van der Waals surface area contributed by atoms with E-state index < -0.39 is 0 Å². The van der Waals surface area contributed by atoms with Gasteiger partial charge in [-0.2, -0.15) is 0 Å². The predicted molar refractivity (Wildman–Crippen MR) is 119 cm³/mol. The van der Waals surface area contributed by atoms with Gasteiger partial charge >= 0.3 is 0 Å². The van der Waals surface area contributed by atoms with Gasteiger partial charge in [-0.25, -0.2) is 0 Å². The van der Waals surface area contributed by atoms with Crippen molar-refractivity contribution in [3.63, 3.8) is 0 Å². The maximum atomic E-state index is 13.7. The van der Waals surface area contributed by atoms with Crippen molar-refractivity contribution in [3.8, 4) is 0 Å². The van der Waals surface area contributed by atoms with Crippen LogP contribution >= 0.6 is 11.6 Å². The summed E-state index contributed by atoms with van der Waals surface area (Å²) in [6, 6.07) is 4.28. The molecule has 0 amide bonds. The zero-order valence-corrected chi connectivity index (χ0v) is 18.7. The van der Waals surface area contributed by atoms with Gasteiger partial charge in [0.1, 0.15) is 0 Å². The molecule has 0 saturated heterocycles. The Balaban J connectivity index is 1.53. The first-order valence-electron chi connectivity index (χ1n) is 11.3. The minimum atomic E-state index is -0.0919. The molecule has 156 valence electrons.